The fourth-order valence-corrected chi connectivity index (χ4v) is 0.276. The van der Waals surface area contributed by atoms with Gasteiger partial charge in [-0.05, 0) is 6.42 Å². The molecule has 0 heterocycles. The van der Waals surface area contributed by atoms with E-state index in [1.165, 1.54) is 0 Å². The monoisotopic (exact) mass is 97.1 g/mol. The van der Waals surface area contributed by atoms with Crippen LogP contribution in [0.25, 0.3) is 0 Å². The number of hydrogen-bond acceptors (Lipinski definition) is 1. The van der Waals surface area contributed by atoms with Gasteiger partial charge in [-0.1, -0.05) is 12.8 Å². The van der Waals surface area contributed by atoms with Crippen LogP contribution in [0.3, 0.4) is 0 Å². The van der Waals surface area contributed by atoms with Crippen LogP contribution in [0, 0.1) is 12.0 Å². The van der Waals surface area contributed by atoms with Gasteiger partial charge in [0.05, 0.1) is 0 Å². The Morgan fingerprint density at radius 1 is 1.57 bits per heavy atom. The van der Waals surface area contributed by atoms with E-state index in [1.54, 1.807) is 0 Å². The molecule has 0 aromatic heterocycles. The van der Waals surface area contributed by atoms with Gasteiger partial charge in [-0.2, -0.15) is 0 Å². The van der Waals surface area contributed by atoms with Crippen LogP contribution in [-0.2, 0) is 0 Å². The number of unbranched alkanes of at least 4 members (excludes halogenated alkanes) is 1. The molecule has 0 aliphatic carbocycles. The van der Waals surface area contributed by atoms with Crippen molar-refractivity contribution in [1.82, 2.24) is 5.32 Å². The highest BCUT2D eigenvalue weighted by Gasteiger charge is 1.65. The zero-order chi connectivity index (χ0) is 5.54. The largest absolute Gasteiger partial charge is 0.349 e. The molecule has 0 saturated carbocycles. The minimum Gasteiger partial charge on any atom is -0.349 e. The zero-order valence-corrected chi connectivity index (χ0v) is 4.91. The maximum Gasteiger partial charge on any atom is 0.0116 e. The van der Waals surface area contributed by atoms with Crippen LogP contribution in [0.2, 0.25) is 0 Å². The molecule has 0 spiro atoms. The van der Waals surface area contributed by atoms with Gasteiger partial charge in [0.1, 0.15) is 0 Å². The second kappa shape index (κ2) is 5.36. The smallest absolute Gasteiger partial charge is 0.0116 e. The van der Waals surface area contributed by atoms with Crippen LogP contribution >= 0.6 is 0 Å². The Morgan fingerprint density at radius 3 is 2.71 bits per heavy atom. The van der Waals surface area contributed by atoms with Gasteiger partial charge in [-0.3, -0.25) is 0 Å². The lowest BCUT2D eigenvalue weighted by molar-refractivity contribution is 0.978. The minimum atomic E-state index is 1.00. The van der Waals surface area contributed by atoms with E-state index in [-0.39, 0.29) is 0 Å². The third-order valence-electron chi connectivity index (χ3n) is 0.588. The molecule has 0 rings (SSSR count). The summed E-state index contributed by atoms with van der Waals surface area (Å²) in [6, 6.07) is 2.75. The predicted octanol–water partition coefficient (Wildman–Crippen LogP) is 0.967. The van der Waals surface area contributed by atoms with Crippen molar-refractivity contribution >= 4 is 0 Å². The van der Waals surface area contributed by atoms with Crippen molar-refractivity contribution in [3.05, 3.63) is 0 Å². The summed E-state index contributed by atoms with van der Waals surface area (Å²) in [5, 5.41) is 2.74. The van der Waals surface area contributed by atoms with E-state index in [0.29, 0.717) is 0 Å². The van der Waals surface area contributed by atoms with Gasteiger partial charge in [0.15, 0.2) is 0 Å². The van der Waals surface area contributed by atoms with Gasteiger partial charge in [0.25, 0.3) is 0 Å². The fraction of sp³-hybridized carbons (Fsp3) is 0.667. The number of rotatable bonds is 1. The van der Waals surface area contributed by atoms with Crippen molar-refractivity contribution in [3.63, 3.8) is 0 Å². The van der Waals surface area contributed by atoms with Crippen molar-refractivity contribution in [2.75, 3.05) is 7.05 Å². The van der Waals surface area contributed by atoms with Gasteiger partial charge in [-0.25, -0.2) is 0 Å². The molecule has 7 heavy (non-hydrogen) atoms. The van der Waals surface area contributed by atoms with Gasteiger partial charge >= 0.3 is 0 Å². The second-order valence-corrected chi connectivity index (χ2v) is 1.30. The zero-order valence-electron chi connectivity index (χ0n) is 4.91. The van der Waals surface area contributed by atoms with Gasteiger partial charge in [-0.15, -0.1) is 0 Å². The summed E-state index contributed by atoms with van der Waals surface area (Å²) in [7, 11) is 1.82. The normalized spacial score (nSPS) is 6.57. The van der Waals surface area contributed by atoms with Gasteiger partial charge in [0.2, 0.25) is 0 Å². The SMILES string of the molecule is CCCC#CNC. The molecule has 0 aliphatic rings. The summed E-state index contributed by atoms with van der Waals surface area (Å²) in [4.78, 5) is 0. The van der Waals surface area contributed by atoms with E-state index in [0.717, 1.165) is 12.8 Å². The number of nitrogens with one attached hydrogen (secondary N) is 1. The number of hydrogen-bond donors (Lipinski definition) is 1. The highest BCUT2D eigenvalue weighted by atomic mass is 14.8. The topological polar surface area (TPSA) is 12.0 Å². The molecular formula is C6H11N. The Bertz CT molecular complexity index is 75.9. The summed E-state index contributed by atoms with van der Waals surface area (Å²) in [5.74, 6) is 2.92. The second-order valence-electron chi connectivity index (χ2n) is 1.30. The molecule has 0 aromatic rings. The molecule has 0 saturated heterocycles. The van der Waals surface area contributed by atoms with Crippen LogP contribution in [0.15, 0.2) is 0 Å². The van der Waals surface area contributed by atoms with E-state index in [9.17, 15) is 0 Å². The molecule has 1 heteroatoms. The first-order chi connectivity index (χ1) is 3.41. The Balaban J connectivity index is 2.91. The molecular weight excluding hydrogens is 86.1 g/mol. The van der Waals surface area contributed by atoms with Crippen LogP contribution < -0.4 is 5.32 Å². The molecule has 0 unspecified atom stereocenters. The highest BCUT2D eigenvalue weighted by Crippen LogP contribution is 1.78. The summed E-state index contributed by atoms with van der Waals surface area (Å²) in [6.45, 7) is 2.12. The lowest BCUT2D eigenvalue weighted by Crippen LogP contribution is -1.91. The molecule has 0 radical (unpaired) electrons. The molecule has 0 bridgehead atoms. The minimum absolute atomic E-state index is 1.00. The van der Waals surface area contributed by atoms with Crippen molar-refractivity contribution in [3.8, 4) is 12.0 Å². The predicted molar refractivity (Wildman–Crippen MR) is 31.7 cm³/mol. The van der Waals surface area contributed by atoms with Crippen LogP contribution in [0.4, 0.5) is 0 Å². The van der Waals surface area contributed by atoms with Gasteiger partial charge < -0.3 is 5.32 Å². The Labute approximate surface area is 45.1 Å². The Morgan fingerprint density at radius 2 is 2.29 bits per heavy atom. The van der Waals surface area contributed by atoms with E-state index in [2.05, 4.69) is 24.2 Å². The average molecular weight is 97.2 g/mol. The summed E-state index contributed by atoms with van der Waals surface area (Å²) >= 11 is 0. The first kappa shape index (κ1) is 6.36. The molecule has 0 fully saturated rings. The third-order valence-corrected chi connectivity index (χ3v) is 0.588. The molecule has 40 valence electrons. The van der Waals surface area contributed by atoms with E-state index in [1.807, 2.05) is 7.05 Å². The van der Waals surface area contributed by atoms with E-state index >= 15 is 0 Å². The lowest BCUT2D eigenvalue weighted by Gasteiger charge is -1.76. The molecule has 0 atom stereocenters. The first-order valence-electron chi connectivity index (χ1n) is 2.56. The molecule has 1 N–H and O–H groups in total. The molecule has 1 nitrogen and oxygen atoms in total. The van der Waals surface area contributed by atoms with Crippen LogP contribution in [0.1, 0.15) is 19.8 Å². The van der Waals surface area contributed by atoms with Crippen molar-refractivity contribution in [2.24, 2.45) is 0 Å². The molecule has 0 aromatic carbocycles. The lowest BCUT2D eigenvalue weighted by atomic mass is 10.4. The van der Waals surface area contributed by atoms with Gasteiger partial charge in [0, 0.05) is 19.5 Å². The van der Waals surface area contributed by atoms with Crippen molar-refractivity contribution in [2.45, 2.75) is 19.8 Å². The summed E-state index contributed by atoms with van der Waals surface area (Å²) in [5.41, 5.74) is 0. The maximum atomic E-state index is 2.92. The highest BCUT2D eigenvalue weighted by molar-refractivity contribution is 4.94. The van der Waals surface area contributed by atoms with Crippen LogP contribution in [-0.4, -0.2) is 7.05 Å². The third kappa shape index (κ3) is 5.36. The van der Waals surface area contributed by atoms with E-state index < -0.39 is 0 Å². The Hall–Kier alpha value is -0.640. The van der Waals surface area contributed by atoms with Crippen molar-refractivity contribution in [1.29, 1.82) is 0 Å². The average Bonchev–Trinajstić information content (AvgIpc) is 1.69. The van der Waals surface area contributed by atoms with Crippen LogP contribution in [0.5, 0.6) is 0 Å². The molecule has 0 aliphatic heterocycles. The molecule has 0 amide bonds. The Kier molecular flexibility index (Phi) is 4.87. The quantitative estimate of drug-likeness (QED) is 0.379. The van der Waals surface area contributed by atoms with Crippen molar-refractivity contribution < 1.29 is 0 Å². The standard InChI is InChI=1S/C6H11N/c1-3-4-5-6-7-2/h7H,3-4H2,1-2H3. The fourth-order valence-electron chi connectivity index (χ4n) is 0.276. The first-order valence-corrected chi connectivity index (χ1v) is 2.56. The van der Waals surface area contributed by atoms with E-state index in [4.69, 9.17) is 0 Å². The summed E-state index contributed by atoms with van der Waals surface area (Å²) < 4.78 is 0. The summed E-state index contributed by atoms with van der Waals surface area (Å²) in [6.07, 6.45) is 2.15. The maximum absolute atomic E-state index is 2.92.